The van der Waals surface area contributed by atoms with Crippen molar-refractivity contribution in [3.8, 4) is 0 Å². The van der Waals surface area contributed by atoms with Crippen molar-refractivity contribution >= 4 is 16.7 Å². The molecule has 0 amide bonds. The molecule has 0 aliphatic carbocycles. The average Bonchev–Trinajstić information content (AvgIpc) is 2.50. The monoisotopic (exact) mass is 299 g/mol. The molecule has 0 radical (unpaired) electrons. The first kappa shape index (κ1) is 16.5. The van der Waals surface area contributed by atoms with E-state index < -0.39 is 5.97 Å². The van der Waals surface area contributed by atoms with Crippen LogP contribution in [-0.2, 0) is 11.2 Å². The Morgan fingerprint density at radius 1 is 1.14 bits per heavy atom. The van der Waals surface area contributed by atoms with Crippen molar-refractivity contribution in [1.82, 2.24) is 4.90 Å². The van der Waals surface area contributed by atoms with Crippen LogP contribution in [0.2, 0.25) is 0 Å². The van der Waals surface area contributed by atoms with E-state index in [-0.39, 0.29) is 6.42 Å². The zero-order chi connectivity index (χ0) is 16.1. The number of benzene rings is 2. The predicted molar refractivity (Wildman–Crippen MR) is 91.2 cm³/mol. The minimum atomic E-state index is -0.737. The van der Waals surface area contributed by atoms with E-state index in [4.69, 9.17) is 5.11 Å². The molecule has 3 nitrogen and oxygen atoms in total. The zero-order valence-corrected chi connectivity index (χ0v) is 13.6. The second-order valence-electron chi connectivity index (χ2n) is 6.28. The summed E-state index contributed by atoms with van der Waals surface area (Å²) >= 11 is 0. The molecule has 2 aromatic carbocycles. The van der Waals surface area contributed by atoms with Gasteiger partial charge in [-0.15, -0.1) is 0 Å². The fourth-order valence-corrected chi connectivity index (χ4v) is 3.03. The van der Waals surface area contributed by atoms with Crippen molar-refractivity contribution < 1.29 is 9.90 Å². The summed E-state index contributed by atoms with van der Waals surface area (Å²) in [4.78, 5) is 13.0. The highest BCUT2D eigenvalue weighted by molar-refractivity contribution is 5.85. The fourth-order valence-electron chi connectivity index (χ4n) is 3.03. The largest absolute Gasteiger partial charge is 0.481 e. The molecule has 0 aliphatic rings. The Bertz CT molecular complexity index is 631. The van der Waals surface area contributed by atoms with Crippen molar-refractivity contribution in [2.24, 2.45) is 5.92 Å². The molecule has 0 fully saturated rings. The lowest BCUT2D eigenvalue weighted by Gasteiger charge is -2.31. The van der Waals surface area contributed by atoms with Crippen LogP contribution >= 0.6 is 0 Å². The lowest BCUT2D eigenvalue weighted by atomic mass is 9.92. The molecular weight excluding hydrogens is 274 g/mol. The normalized spacial score (nSPS) is 13.0. The van der Waals surface area contributed by atoms with Gasteiger partial charge in [0.25, 0.3) is 0 Å². The van der Waals surface area contributed by atoms with E-state index in [9.17, 15) is 4.79 Å². The molecule has 0 aromatic heterocycles. The van der Waals surface area contributed by atoms with Crippen LogP contribution in [0.3, 0.4) is 0 Å². The molecular formula is C19H25NO2. The number of nitrogens with zero attached hydrogens (tertiary/aromatic N) is 1. The Morgan fingerprint density at radius 2 is 1.82 bits per heavy atom. The van der Waals surface area contributed by atoms with Crippen LogP contribution in [0.15, 0.2) is 42.5 Å². The standard InChI is InChI=1S/C19H25NO2/c1-14(2)18(20(3)12-11-19(21)22)13-16-9-6-8-15-7-4-5-10-17(15)16/h4-10,14,18H,11-13H2,1-3H3,(H,21,22). The summed E-state index contributed by atoms with van der Waals surface area (Å²) in [6, 6.07) is 15.2. The van der Waals surface area contributed by atoms with Gasteiger partial charge in [0.1, 0.15) is 0 Å². The summed E-state index contributed by atoms with van der Waals surface area (Å²) in [5.74, 6) is -0.266. The minimum Gasteiger partial charge on any atom is -0.481 e. The number of carboxylic acid groups (broad SMARTS) is 1. The van der Waals surface area contributed by atoms with Crippen LogP contribution in [0.1, 0.15) is 25.8 Å². The third kappa shape index (κ3) is 4.08. The van der Waals surface area contributed by atoms with Gasteiger partial charge in [0.2, 0.25) is 0 Å². The lowest BCUT2D eigenvalue weighted by Crippen LogP contribution is -2.39. The van der Waals surface area contributed by atoms with Crippen LogP contribution in [0.25, 0.3) is 10.8 Å². The summed E-state index contributed by atoms with van der Waals surface area (Å²) < 4.78 is 0. The number of aliphatic carboxylic acids is 1. The molecule has 1 unspecified atom stereocenters. The quantitative estimate of drug-likeness (QED) is 0.845. The van der Waals surface area contributed by atoms with E-state index in [1.54, 1.807) is 0 Å². The lowest BCUT2D eigenvalue weighted by molar-refractivity contribution is -0.137. The average molecular weight is 299 g/mol. The van der Waals surface area contributed by atoms with Crippen LogP contribution in [0.5, 0.6) is 0 Å². The van der Waals surface area contributed by atoms with E-state index in [1.807, 2.05) is 7.05 Å². The molecule has 0 aliphatic heterocycles. The van der Waals surface area contributed by atoms with E-state index >= 15 is 0 Å². The molecule has 0 bridgehead atoms. The Kier molecular flexibility index (Phi) is 5.56. The van der Waals surface area contributed by atoms with Gasteiger partial charge in [-0.3, -0.25) is 4.79 Å². The number of carboxylic acids is 1. The third-order valence-electron chi connectivity index (χ3n) is 4.32. The van der Waals surface area contributed by atoms with Crippen LogP contribution in [-0.4, -0.2) is 35.6 Å². The van der Waals surface area contributed by atoms with E-state index in [0.717, 1.165) is 6.42 Å². The smallest absolute Gasteiger partial charge is 0.304 e. The number of carbonyl (C=O) groups is 1. The number of fused-ring (bicyclic) bond motifs is 1. The molecule has 0 spiro atoms. The summed E-state index contributed by atoms with van der Waals surface area (Å²) in [5.41, 5.74) is 1.33. The maximum Gasteiger partial charge on any atom is 0.304 e. The van der Waals surface area contributed by atoms with Gasteiger partial charge >= 0.3 is 5.97 Å². The maximum atomic E-state index is 10.8. The predicted octanol–water partition coefficient (Wildman–Crippen LogP) is 3.81. The third-order valence-corrected chi connectivity index (χ3v) is 4.32. The highest BCUT2D eigenvalue weighted by Crippen LogP contribution is 2.23. The topological polar surface area (TPSA) is 40.5 Å². The Hall–Kier alpha value is -1.87. The van der Waals surface area contributed by atoms with Crippen molar-refractivity contribution in [3.63, 3.8) is 0 Å². The second kappa shape index (κ2) is 7.41. The van der Waals surface area contributed by atoms with Gasteiger partial charge in [-0.25, -0.2) is 0 Å². The number of rotatable bonds is 7. The minimum absolute atomic E-state index is 0.190. The second-order valence-corrected chi connectivity index (χ2v) is 6.28. The summed E-state index contributed by atoms with van der Waals surface area (Å²) in [6.07, 6.45) is 1.13. The zero-order valence-electron chi connectivity index (χ0n) is 13.6. The van der Waals surface area contributed by atoms with Gasteiger partial charge in [-0.05, 0) is 35.7 Å². The number of hydrogen-bond donors (Lipinski definition) is 1. The van der Waals surface area contributed by atoms with Crippen molar-refractivity contribution in [2.75, 3.05) is 13.6 Å². The summed E-state index contributed by atoms with van der Waals surface area (Å²) in [6.45, 7) is 4.99. The molecule has 0 heterocycles. The molecule has 2 aromatic rings. The fraction of sp³-hybridized carbons (Fsp3) is 0.421. The van der Waals surface area contributed by atoms with Gasteiger partial charge in [-0.1, -0.05) is 56.3 Å². The first-order valence-electron chi connectivity index (χ1n) is 7.87. The molecule has 3 heteroatoms. The Labute approximate surface area is 132 Å². The Balaban J connectivity index is 2.21. The van der Waals surface area contributed by atoms with E-state index in [1.165, 1.54) is 16.3 Å². The molecule has 0 saturated heterocycles. The summed E-state index contributed by atoms with van der Waals surface area (Å²) in [7, 11) is 2.03. The van der Waals surface area contributed by atoms with Gasteiger partial charge in [0, 0.05) is 12.6 Å². The van der Waals surface area contributed by atoms with Gasteiger partial charge in [0.05, 0.1) is 6.42 Å². The van der Waals surface area contributed by atoms with Crippen LogP contribution in [0, 0.1) is 5.92 Å². The maximum absolute atomic E-state index is 10.8. The van der Waals surface area contributed by atoms with Crippen molar-refractivity contribution in [2.45, 2.75) is 32.7 Å². The van der Waals surface area contributed by atoms with Crippen molar-refractivity contribution in [3.05, 3.63) is 48.0 Å². The molecule has 1 N–H and O–H groups in total. The van der Waals surface area contributed by atoms with Crippen molar-refractivity contribution in [1.29, 1.82) is 0 Å². The Morgan fingerprint density at radius 3 is 2.50 bits per heavy atom. The number of hydrogen-bond acceptors (Lipinski definition) is 2. The highest BCUT2D eigenvalue weighted by Gasteiger charge is 2.20. The summed E-state index contributed by atoms with van der Waals surface area (Å²) in [5, 5.41) is 11.4. The molecule has 1 atom stereocenters. The highest BCUT2D eigenvalue weighted by atomic mass is 16.4. The number of likely N-dealkylation sites (N-methyl/N-ethyl adjacent to an activating group) is 1. The van der Waals surface area contributed by atoms with Crippen LogP contribution in [0.4, 0.5) is 0 Å². The van der Waals surface area contributed by atoms with Gasteiger partial charge in [0.15, 0.2) is 0 Å². The van der Waals surface area contributed by atoms with E-state index in [2.05, 4.69) is 61.2 Å². The SMILES string of the molecule is CC(C)C(Cc1cccc2ccccc12)N(C)CCC(=O)O. The van der Waals surface area contributed by atoms with Gasteiger partial charge in [-0.2, -0.15) is 0 Å². The first-order chi connectivity index (χ1) is 10.5. The van der Waals surface area contributed by atoms with Gasteiger partial charge < -0.3 is 10.0 Å². The molecule has 22 heavy (non-hydrogen) atoms. The van der Waals surface area contributed by atoms with Crippen LogP contribution < -0.4 is 0 Å². The first-order valence-corrected chi connectivity index (χ1v) is 7.87. The van der Waals surface area contributed by atoms with E-state index in [0.29, 0.717) is 18.5 Å². The molecule has 0 saturated carbocycles. The molecule has 118 valence electrons. The molecule has 2 rings (SSSR count).